The summed E-state index contributed by atoms with van der Waals surface area (Å²) in [6.45, 7) is 2.74. The van der Waals surface area contributed by atoms with Gasteiger partial charge < -0.3 is 10.1 Å². The molecule has 0 radical (unpaired) electrons. The van der Waals surface area contributed by atoms with Crippen molar-refractivity contribution >= 4 is 35.2 Å². The number of fused-ring (bicyclic) bond motifs is 4. The second-order valence-electron chi connectivity index (χ2n) is 7.97. The van der Waals surface area contributed by atoms with Gasteiger partial charge in [0, 0.05) is 37.6 Å². The number of nitrogens with zero attached hydrogens (tertiary/aromatic N) is 1. The molecule has 2 saturated heterocycles. The first-order valence-electron chi connectivity index (χ1n) is 9.99. The Labute approximate surface area is 174 Å². The second kappa shape index (κ2) is 7.74. The molecule has 2 fully saturated rings. The van der Waals surface area contributed by atoms with Crippen LogP contribution in [0.15, 0.2) is 18.2 Å². The standard InChI is InChI=1S/C21H27N3O4S/c1-12-6-4-7-13-17(12)22-20(27)21(13)16-15(14(23-21)8-11-29-3)18(25)24(19(16)26)9-5-10-28-2/h4,6-7,14-16,23H,5,8-11H2,1-3H3,(H,22,27). The molecule has 2 N–H and O–H groups in total. The molecule has 3 aliphatic rings. The van der Waals surface area contributed by atoms with E-state index in [2.05, 4.69) is 10.6 Å². The number of hydrogen-bond donors (Lipinski definition) is 2. The third-order valence-electron chi connectivity index (χ3n) is 6.41. The zero-order valence-electron chi connectivity index (χ0n) is 17.0. The summed E-state index contributed by atoms with van der Waals surface area (Å²) in [6, 6.07) is 5.52. The number of carbonyl (C=O) groups excluding carboxylic acids is 3. The fourth-order valence-corrected chi connectivity index (χ4v) is 5.61. The first kappa shape index (κ1) is 20.4. The average molecular weight is 418 g/mol. The minimum atomic E-state index is -1.18. The lowest BCUT2D eigenvalue weighted by molar-refractivity contribution is -0.143. The zero-order valence-corrected chi connectivity index (χ0v) is 17.8. The number of rotatable bonds is 7. The number of nitrogens with one attached hydrogen (secondary N) is 2. The number of anilines is 1. The number of thioether (sulfide) groups is 1. The fraction of sp³-hybridized carbons (Fsp3) is 0.571. The van der Waals surface area contributed by atoms with Crippen molar-refractivity contribution in [2.75, 3.05) is 37.6 Å². The summed E-state index contributed by atoms with van der Waals surface area (Å²) in [7, 11) is 1.60. The van der Waals surface area contributed by atoms with E-state index < -0.39 is 17.4 Å². The van der Waals surface area contributed by atoms with E-state index in [4.69, 9.17) is 4.74 Å². The minimum Gasteiger partial charge on any atom is -0.385 e. The summed E-state index contributed by atoms with van der Waals surface area (Å²) in [5, 5.41) is 6.45. The lowest BCUT2D eigenvalue weighted by atomic mass is 9.76. The van der Waals surface area contributed by atoms with E-state index in [1.54, 1.807) is 18.9 Å². The summed E-state index contributed by atoms with van der Waals surface area (Å²) in [5.74, 6) is -1.03. The van der Waals surface area contributed by atoms with E-state index in [9.17, 15) is 14.4 Å². The van der Waals surface area contributed by atoms with Crippen molar-refractivity contribution in [3.8, 4) is 0 Å². The normalized spacial score (nSPS) is 30.2. The molecule has 3 aliphatic heterocycles. The van der Waals surface area contributed by atoms with E-state index in [1.165, 1.54) is 4.90 Å². The van der Waals surface area contributed by atoms with Gasteiger partial charge in [-0.3, -0.25) is 24.6 Å². The van der Waals surface area contributed by atoms with Crippen LogP contribution in [-0.2, 0) is 24.7 Å². The van der Waals surface area contributed by atoms with Crippen LogP contribution >= 0.6 is 11.8 Å². The van der Waals surface area contributed by atoms with Crippen molar-refractivity contribution in [3.05, 3.63) is 29.3 Å². The van der Waals surface area contributed by atoms with Crippen molar-refractivity contribution in [2.24, 2.45) is 11.8 Å². The number of likely N-dealkylation sites (tertiary alicyclic amines) is 1. The largest absolute Gasteiger partial charge is 0.385 e. The maximum Gasteiger partial charge on any atom is 0.250 e. The van der Waals surface area contributed by atoms with Gasteiger partial charge in [0.05, 0.1) is 11.8 Å². The molecule has 4 unspecified atom stereocenters. The number of carbonyl (C=O) groups is 3. The molecule has 4 atom stereocenters. The molecule has 0 aromatic heterocycles. The zero-order chi connectivity index (χ0) is 20.8. The summed E-state index contributed by atoms with van der Waals surface area (Å²) in [4.78, 5) is 41.4. The molecule has 3 heterocycles. The molecule has 29 heavy (non-hydrogen) atoms. The van der Waals surface area contributed by atoms with Crippen LogP contribution in [0.3, 0.4) is 0 Å². The maximum atomic E-state index is 13.5. The number of imide groups is 1. The van der Waals surface area contributed by atoms with Gasteiger partial charge in [0.2, 0.25) is 17.7 Å². The smallest absolute Gasteiger partial charge is 0.250 e. The molecule has 156 valence electrons. The molecule has 8 heteroatoms. The Hall–Kier alpha value is -1.90. The highest BCUT2D eigenvalue weighted by atomic mass is 32.2. The van der Waals surface area contributed by atoms with Crippen LogP contribution < -0.4 is 10.6 Å². The molecule has 0 aliphatic carbocycles. The Bertz CT molecular complexity index is 860. The average Bonchev–Trinajstić information content (AvgIpc) is 3.28. The van der Waals surface area contributed by atoms with Crippen LogP contribution in [0, 0.1) is 18.8 Å². The second-order valence-corrected chi connectivity index (χ2v) is 8.96. The van der Waals surface area contributed by atoms with Gasteiger partial charge >= 0.3 is 0 Å². The van der Waals surface area contributed by atoms with Gasteiger partial charge in [0.1, 0.15) is 5.54 Å². The maximum absolute atomic E-state index is 13.5. The van der Waals surface area contributed by atoms with E-state index in [0.29, 0.717) is 19.6 Å². The van der Waals surface area contributed by atoms with E-state index >= 15 is 0 Å². The highest BCUT2D eigenvalue weighted by Gasteiger charge is 2.70. The Kier molecular flexibility index (Phi) is 5.44. The molecule has 1 aromatic rings. The minimum absolute atomic E-state index is 0.166. The molecular formula is C21H27N3O4S. The Morgan fingerprint density at radius 3 is 2.76 bits per heavy atom. The third-order valence-corrected chi connectivity index (χ3v) is 7.06. The summed E-state index contributed by atoms with van der Waals surface area (Å²) >= 11 is 1.70. The Balaban J connectivity index is 1.77. The molecule has 1 aromatic carbocycles. The van der Waals surface area contributed by atoms with Gasteiger partial charge in [0.15, 0.2) is 0 Å². The van der Waals surface area contributed by atoms with Gasteiger partial charge in [-0.05, 0) is 37.3 Å². The van der Waals surface area contributed by atoms with Gasteiger partial charge in [-0.25, -0.2) is 0 Å². The first-order valence-corrected chi connectivity index (χ1v) is 11.4. The number of ether oxygens (including phenoxy) is 1. The van der Waals surface area contributed by atoms with Crippen LogP contribution in [-0.4, -0.2) is 60.9 Å². The van der Waals surface area contributed by atoms with Crippen molar-refractivity contribution in [2.45, 2.75) is 31.3 Å². The first-order chi connectivity index (χ1) is 14.0. The molecule has 4 rings (SSSR count). The molecule has 0 saturated carbocycles. The van der Waals surface area contributed by atoms with Gasteiger partial charge in [-0.1, -0.05) is 18.2 Å². The van der Waals surface area contributed by atoms with Crippen molar-refractivity contribution in [1.29, 1.82) is 0 Å². The van der Waals surface area contributed by atoms with Crippen LogP contribution in [0.25, 0.3) is 0 Å². The fourth-order valence-electron chi connectivity index (χ4n) is 5.12. The monoisotopic (exact) mass is 417 g/mol. The SMILES string of the molecule is COCCCN1C(=O)C2C(CCSC)NC3(C(=O)Nc4c(C)cccc43)C2C1=O. The van der Waals surface area contributed by atoms with Crippen LogP contribution in [0.5, 0.6) is 0 Å². The highest BCUT2D eigenvalue weighted by molar-refractivity contribution is 7.98. The number of benzene rings is 1. The molecule has 7 nitrogen and oxygen atoms in total. The lowest BCUT2D eigenvalue weighted by Gasteiger charge is -2.29. The van der Waals surface area contributed by atoms with Gasteiger partial charge in [-0.15, -0.1) is 0 Å². The number of hydrogen-bond acceptors (Lipinski definition) is 6. The van der Waals surface area contributed by atoms with Gasteiger partial charge in [0.25, 0.3) is 0 Å². The predicted molar refractivity (Wildman–Crippen MR) is 112 cm³/mol. The number of methoxy groups -OCH3 is 1. The van der Waals surface area contributed by atoms with E-state index in [1.807, 2.05) is 31.4 Å². The topological polar surface area (TPSA) is 87.7 Å². The number of aryl methyl sites for hydroxylation is 1. The van der Waals surface area contributed by atoms with E-state index in [-0.39, 0.29) is 23.8 Å². The quantitative estimate of drug-likeness (QED) is 0.517. The highest BCUT2D eigenvalue weighted by Crippen LogP contribution is 2.53. The Morgan fingerprint density at radius 2 is 2.03 bits per heavy atom. The Morgan fingerprint density at radius 1 is 1.24 bits per heavy atom. The van der Waals surface area contributed by atoms with Crippen molar-refractivity contribution in [1.82, 2.24) is 10.2 Å². The predicted octanol–water partition coefficient (Wildman–Crippen LogP) is 1.51. The third kappa shape index (κ3) is 2.92. The van der Waals surface area contributed by atoms with Crippen LogP contribution in [0.4, 0.5) is 5.69 Å². The van der Waals surface area contributed by atoms with E-state index in [0.717, 1.165) is 29.0 Å². The molecule has 1 spiro atoms. The van der Waals surface area contributed by atoms with Crippen LogP contribution in [0.1, 0.15) is 24.0 Å². The summed E-state index contributed by atoms with van der Waals surface area (Å²) in [5.41, 5.74) is 1.31. The van der Waals surface area contributed by atoms with Gasteiger partial charge in [-0.2, -0.15) is 11.8 Å². The molecular weight excluding hydrogens is 390 g/mol. The molecule has 3 amide bonds. The summed E-state index contributed by atoms with van der Waals surface area (Å²) < 4.78 is 5.08. The van der Waals surface area contributed by atoms with Crippen molar-refractivity contribution < 1.29 is 19.1 Å². The number of amides is 3. The lowest BCUT2D eigenvalue weighted by Crippen LogP contribution is -2.53. The van der Waals surface area contributed by atoms with Crippen LogP contribution in [0.2, 0.25) is 0 Å². The number of para-hydroxylation sites is 1. The van der Waals surface area contributed by atoms with Crippen molar-refractivity contribution in [3.63, 3.8) is 0 Å². The summed E-state index contributed by atoms with van der Waals surface area (Å²) in [6.07, 6.45) is 3.33. The molecule has 0 bridgehead atoms.